The summed E-state index contributed by atoms with van der Waals surface area (Å²) in [6.45, 7) is 15.7. The Labute approximate surface area is 235 Å². The van der Waals surface area contributed by atoms with Crippen LogP contribution in [0.3, 0.4) is 0 Å². The molecule has 10 N–H and O–H groups in total. The summed E-state index contributed by atoms with van der Waals surface area (Å²) in [4.78, 5) is 0. The molecule has 0 unspecified atom stereocenters. The Balaban J connectivity index is 5.38. The van der Waals surface area contributed by atoms with Crippen LogP contribution in [0.1, 0.15) is 94.9 Å². The Morgan fingerprint density at radius 3 is 0.641 bits per heavy atom. The second kappa shape index (κ2) is 14.2. The smallest absolute Gasteiger partial charge is 0.0640 e. The quantitative estimate of drug-likeness (QED) is 0.111. The van der Waals surface area contributed by atoms with Gasteiger partial charge in [0.2, 0.25) is 0 Å². The van der Waals surface area contributed by atoms with E-state index in [0.29, 0.717) is 0 Å². The zero-order valence-electron chi connectivity index (χ0n) is 25.8. The molecular formula is C29H60O10. The highest BCUT2D eigenvalue weighted by atomic mass is 16.3. The number of hydrogen-bond donors (Lipinski definition) is 10. The number of aliphatic hydroxyl groups is 10. The molecule has 0 amide bonds. The third kappa shape index (κ3) is 9.84. The van der Waals surface area contributed by atoms with Crippen molar-refractivity contribution in [2.75, 3.05) is 13.2 Å². The number of rotatable bonds is 18. The van der Waals surface area contributed by atoms with Gasteiger partial charge in [-0.2, -0.15) is 0 Å². The Bertz CT molecular complexity index is 663. The summed E-state index contributed by atoms with van der Waals surface area (Å²) in [5.74, 6) is 0. The summed E-state index contributed by atoms with van der Waals surface area (Å²) in [6.07, 6.45) is -9.81. The molecule has 0 radical (unpaired) electrons. The van der Waals surface area contributed by atoms with Crippen molar-refractivity contribution >= 4 is 0 Å². The lowest BCUT2D eigenvalue weighted by Gasteiger charge is -2.44. The molecule has 0 saturated heterocycles. The van der Waals surface area contributed by atoms with Crippen LogP contribution in [0.4, 0.5) is 0 Å². The Morgan fingerprint density at radius 1 is 0.333 bits per heavy atom. The highest BCUT2D eigenvalue weighted by Gasteiger charge is 2.46. The lowest BCUT2D eigenvalue weighted by Crippen LogP contribution is -2.51. The van der Waals surface area contributed by atoms with Crippen molar-refractivity contribution in [3.8, 4) is 0 Å². The minimum absolute atomic E-state index is 0.0898. The van der Waals surface area contributed by atoms with Gasteiger partial charge in [0, 0.05) is 52.8 Å². The van der Waals surface area contributed by atoms with Crippen molar-refractivity contribution in [1.82, 2.24) is 0 Å². The normalized spacial score (nSPS) is 20.6. The number of aliphatic hydroxyl groups excluding tert-OH is 10. The molecule has 0 fully saturated rings. The summed E-state index contributed by atoms with van der Waals surface area (Å²) < 4.78 is 0. The monoisotopic (exact) mass is 568 g/mol. The lowest BCUT2D eigenvalue weighted by molar-refractivity contribution is -0.132. The lowest BCUT2D eigenvalue weighted by atomic mass is 9.68. The van der Waals surface area contributed by atoms with E-state index in [-0.39, 0.29) is 38.9 Å². The van der Waals surface area contributed by atoms with Gasteiger partial charge in [-0.05, 0) is 0 Å². The SMILES string of the molecule is CC(C)(CO)[C@H](O)C[C@@H](O)C(C)(C)[C@@H](O)C[C@H](O)C(C)(C)[C@H](O)C[C@@H](O)C(C)(C)[C@@H](O)C[C@H](O)C(C)(C)CO. The summed E-state index contributed by atoms with van der Waals surface area (Å²) in [5, 5.41) is 105. The Hall–Kier alpha value is -0.400. The second-order valence-corrected chi connectivity index (χ2v) is 14.8. The number of hydrogen-bond acceptors (Lipinski definition) is 10. The van der Waals surface area contributed by atoms with Crippen molar-refractivity contribution in [1.29, 1.82) is 0 Å². The van der Waals surface area contributed by atoms with Crippen LogP contribution in [-0.4, -0.2) is 113 Å². The average molecular weight is 569 g/mol. The van der Waals surface area contributed by atoms with Gasteiger partial charge < -0.3 is 51.1 Å². The molecule has 0 aromatic carbocycles. The predicted molar refractivity (Wildman–Crippen MR) is 150 cm³/mol. The topological polar surface area (TPSA) is 202 Å². The van der Waals surface area contributed by atoms with Crippen molar-refractivity contribution < 1.29 is 51.1 Å². The molecule has 0 saturated carbocycles. The molecule has 0 heterocycles. The Morgan fingerprint density at radius 2 is 0.487 bits per heavy atom. The first-order valence-electron chi connectivity index (χ1n) is 14.0. The van der Waals surface area contributed by atoms with Gasteiger partial charge in [0.15, 0.2) is 0 Å². The Kier molecular flexibility index (Phi) is 14.0. The first-order chi connectivity index (χ1) is 17.3. The second-order valence-electron chi connectivity index (χ2n) is 14.8. The molecule has 39 heavy (non-hydrogen) atoms. The van der Waals surface area contributed by atoms with Crippen LogP contribution in [0, 0.1) is 27.1 Å². The molecule has 0 aliphatic heterocycles. The fourth-order valence-corrected chi connectivity index (χ4v) is 4.18. The molecule has 0 aromatic heterocycles. The van der Waals surface area contributed by atoms with Gasteiger partial charge in [0.1, 0.15) is 0 Å². The average Bonchev–Trinajstić information content (AvgIpc) is 2.82. The van der Waals surface area contributed by atoms with E-state index in [4.69, 9.17) is 0 Å². The van der Waals surface area contributed by atoms with Crippen molar-refractivity contribution in [2.24, 2.45) is 27.1 Å². The van der Waals surface area contributed by atoms with Crippen LogP contribution in [0.15, 0.2) is 0 Å². The van der Waals surface area contributed by atoms with Crippen molar-refractivity contribution in [3.05, 3.63) is 0 Å². The van der Waals surface area contributed by atoms with Crippen LogP contribution in [0.2, 0.25) is 0 Å². The van der Waals surface area contributed by atoms with E-state index in [0.717, 1.165) is 0 Å². The molecule has 236 valence electrons. The van der Waals surface area contributed by atoms with Crippen LogP contribution in [0.5, 0.6) is 0 Å². The zero-order chi connectivity index (χ0) is 31.4. The summed E-state index contributed by atoms with van der Waals surface area (Å²) in [7, 11) is 0. The summed E-state index contributed by atoms with van der Waals surface area (Å²) >= 11 is 0. The van der Waals surface area contributed by atoms with Gasteiger partial charge in [-0.25, -0.2) is 0 Å². The molecule has 8 atom stereocenters. The summed E-state index contributed by atoms with van der Waals surface area (Å²) in [6, 6.07) is 0. The van der Waals surface area contributed by atoms with Gasteiger partial charge in [-0.1, -0.05) is 69.2 Å². The van der Waals surface area contributed by atoms with Gasteiger partial charge in [0.05, 0.1) is 62.0 Å². The van der Waals surface area contributed by atoms with Crippen LogP contribution >= 0.6 is 0 Å². The maximum atomic E-state index is 11.0. The van der Waals surface area contributed by atoms with E-state index >= 15 is 0 Å². The van der Waals surface area contributed by atoms with E-state index in [1.165, 1.54) is 0 Å². The predicted octanol–water partition coefficient (Wildman–Crippen LogP) is 0.550. The zero-order valence-corrected chi connectivity index (χ0v) is 25.8. The molecule has 0 aromatic rings. The van der Waals surface area contributed by atoms with E-state index in [1.807, 2.05) is 0 Å². The standard InChI is InChI=1S/C29H60O10/c1-25(2,15-30)17(32)11-19(34)27(5,6)21(36)13-23(38)29(9,10)24(39)14-22(37)28(7,8)20(35)12-18(33)26(3,4)16-31/h17-24,30-39H,11-16H2,1-10H3/t17-,18+,19-,20+,21+,22-,23+,24-. The highest BCUT2D eigenvalue weighted by molar-refractivity contribution is 4.96. The van der Waals surface area contributed by atoms with Gasteiger partial charge in [-0.3, -0.25) is 0 Å². The van der Waals surface area contributed by atoms with Gasteiger partial charge in [0.25, 0.3) is 0 Å². The fraction of sp³-hybridized carbons (Fsp3) is 1.00. The largest absolute Gasteiger partial charge is 0.396 e. The molecule has 0 rings (SSSR count). The minimum Gasteiger partial charge on any atom is -0.396 e. The summed E-state index contributed by atoms with van der Waals surface area (Å²) in [5.41, 5.74) is -5.15. The van der Waals surface area contributed by atoms with Crippen molar-refractivity contribution in [2.45, 2.75) is 144 Å². The third-order valence-corrected chi connectivity index (χ3v) is 9.56. The molecule has 10 heteroatoms. The van der Waals surface area contributed by atoms with Crippen molar-refractivity contribution in [3.63, 3.8) is 0 Å². The van der Waals surface area contributed by atoms with E-state index < -0.39 is 75.9 Å². The molecule has 0 bridgehead atoms. The van der Waals surface area contributed by atoms with Gasteiger partial charge in [-0.15, -0.1) is 0 Å². The van der Waals surface area contributed by atoms with Crippen LogP contribution < -0.4 is 0 Å². The highest BCUT2D eigenvalue weighted by Crippen LogP contribution is 2.40. The molecule has 0 spiro atoms. The van der Waals surface area contributed by atoms with E-state index in [1.54, 1.807) is 69.2 Å². The van der Waals surface area contributed by atoms with E-state index in [2.05, 4.69) is 0 Å². The maximum Gasteiger partial charge on any atom is 0.0640 e. The third-order valence-electron chi connectivity index (χ3n) is 9.56. The molecule has 0 aliphatic carbocycles. The first-order valence-corrected chi connectivity index (χ1v) is 14.0. The molecule has 0 aliphatic rings. The first kappa shape index (κ1) is 38.6. The minimum atomic E-state index is -1.24. The van der Waals surface area contributed by atoms with Crippen LogP contribution in [-0.2, 0) is 0 Å². The molecule has 10 nitrogen and oxygen atoms in total. The van der Waals surface area contributed by atoms with Gasteiger partial charge >= 0.3 is 0 Å². The molecular weight excluding hydrogens is 508 g/mol. The van der Waals surface area contributed by atoms with Crippen LogP contribution in [0.25, 0.3) is 0 Å². The fourth-order valence-electron chi connectivity index (χ4n) is 4.18. The maximum absolute atomic E-state index is 11.0. The van der Waals surface area contributed by atoms with E-state index in [9.17, 15) is 51.1 Å².